The lowest BCUT2D eigenvalue weighted by molar-refractivity contribution is -0.196. The number of aromatic amines is 1. The number of H-pyrrole nitrogens is 1. The summed E-state index contributed by atoms with van der Waals surface area (Å²) in [4.78, 5) is 55.4. The van der Waals surface area contributed by atoms with Crippen molar-refractivity contribution in [2.45, 2.75) is 11.7 Å². The van der Waals surface area contributed by atoms with Crippen LogP contribution in [-0.2, 0) is 10.3 Å². The first kappa shape index (κ1) is 21.0. The Labute approximate surface area is 174 Å². The van der Waals surface area contributed by atoms with Gasteiger partial charge in [-0.1, -0.05) is 12.1 Å². The minimum absolute atomic E-state index is 0.274. The summed E-state index contributed by atoms with van der Waals surface area (Å²) in [5.74, 6) is -5.11. The van der Waals surface area contributed by atoms with Gasteiger partial charge in [-0.05, 0) is 24.3 Å². The van der Waals surface area contributed by atoms with Gasteiger partial charge in [0.25, 0.3) is 22.9 Å². The molecule has 4 rings (SSSR count). The molecule has 0 saturated carbocycles. The largest absolute Gasteiger partial charge is 0.425 e. The third-order valence-electron chi connectivity index (χ3n) is 4.82. The molecule has 0 saturated heterocycles. The van der Waals surface area contributed by atoms with Crippen LogP contribution >= 0.6 is 0 Å². The van der Waals surface area contributed by atoms with Gasteiger partial charge in [0.15, 0.2) is 0 Å². The van der Waals surface area contributed by atoms with Gasteiger partial charge in [-0.2, -0.15) is 13.2 Å². The van der Waals surface area contributed by atoms with E-state index in [1.165, 1.54) is 12.1 Å². The summed E-state index contributed by atoms with van der Waals surface area (Å²) in [5.41, 5.74) is -8.83. The van der Waals surface area contributed by atoms with E-state index in [-0.39, 0.29) is 5.56 Å². The minimum Gasteiger partial charge on any atom is -0.326 e. The zero-order valence-corrected chi connectivity index (χ0v) is 15.7. The number of benzene rings is 1. The summed E-state index contributed by atoms with van der Waals surface area (Å²) in [7, 11) is 0. The number of rotatable bonds is 3. The summed E-state index contributed by atoms with van der Waals surface area (Å²) in [6.45, 7) is 0. The molecular formula is C19H11F4N5O4. The predicted octanol–water partition coefficient (Wildman–Crippen LogP) is 1.20. The molecule has 0 fully saturated rings. The lowest BCUT2D eigenvalue weighted by Crippen LogP contribution is -2.62. The van der Waals surface area contributed by atoms with Crippen LogP contribution in [0.4, 0.5) is 23.4 Å². The van der Waals surface area contributed by atoms with Crippen molar-refractivity contribution in [2.75, 3.05) is 5.32 Å². The Morgan fingerprint density at radius 2 is 1.72 bits per heavy atom. The fraction of sp³-hybridized carbons (Fsp3) is 0.105. The van der Waals surface area contributed by atoms with Crippen LogP contribution in [0.3, 0.4) is 0 Å². The van der Waals surface area contributed by atoms with Gasteiger partial charge in [-0.3, -0.25) is 24.4 Å². The van der Waals surface area contributed by atoms with Crippen LogP contribution < -0.4 is 21.9 Å². The zero-order chi connectivity index (χ0) is 23.3. The molecule has 3 heterocycles. The van der Waals surface area contributed by atoms with Crippen molar-refractivity contribution in [1.29, 1.82) is 0 Å². The molecule has 1 aromatic carbocycles. The lowest BCUT2D eigenvalue weighted by atomic mass is 9.91. The van der Waals surface area contributed by atoms with Crippen molar-refractivity contribution in [3.8, 4) is 5.69 Å². The number of alkyl halides is 3. The number of anilines is 1. The molecule has 1 aliphatic rings. The van der Waals surface area contributed by atoms with Crippen LogP contribution in [0, 0.1) is 5.82 Å². The summed E-state index contributed by atoms with van der Waals surface area (Å²) < 4.78 is 57.6. The van der Waals surface area contributed by atoms with Crippen molar-refractivity contribution in [2.24, 2.45) is 0 Å². The van der Waals surface area contributed by atoms with Crippen molar-refractivity contribution in [3.63, 3.8) is 0 Å². The Morgan fingerprint density at radius 3 is 2.34 bits per heavy atom. The zero-order valence-electron chi connectivity index (χ0n) is 15.7. The molecule has 0 radical (unpaired) electrons. The highest BCUT2D eigenvalue weighted by Crippen LogP contribution is 2.45. The topological polar surface area (TPSA) is 126 Å². The molecule has 2 amide bonds. The molecule has 1 unspecified atom stereocenters. The number of nitrogens with zero attached hydrogens (tertiary/aromatic N) is 2. The van der Waals surface area contributed by atoms with Gasteiger partial charge in [0.2, 0.25) is 0 Å². The Kier molecular flexibility index (Phi) is 4.68. The first-order valence-corrected chi connectivity index (χ1v) is 8.83. The van der Waals surface area contributed by atoms with Gasteiger partial charge in [0.05, 0.1) is 5.69 Å². The maximum Gasteiger partial charge on any atom is 0.425 e. The van der Waals surface area contributed by atoms with Crippen molar-refractivity contribution in [3.05, 3.63) is 86.6 Å². The van der Waals surface area contributed by atoms with Gasteiger partial charge in [0, 0.05) is 18.0 Å². The second kappa shape index (κ2) is 7.14. The maximum atomic E-state index is 14.3. The minimum atomic E-state index is -5.52. The SMILES string of the molecule is O=C(NC1(C(F)(F)F)C(=O)Nc2c1c(=O)[nH]c(=O)n2-c1ccccc1F)c1ccncc1. The van der Waals surface area contributed by atoms with E-state index in [1.807, 2.05) is 5.32 Å². The summed E-state index contributed by atoms with van der Waals surface area (Å²) in [6, 6.07) is 6.74. The summed E-state index contributed by atoms with van der Waals surface area (Å²) in [5, 5.41) is 3.39. The number of amides is 2. The monoisotopic (exact) mass is 449 g/mol. The summed E-state index contributed by atoms with van der Waals surface area (Å²) in [6.07, 6.45) is -3.24. The number of carbonyl (C=O) groups excluding carboxylic acids is 2. The molecule has 0 bridgehead atoms. The highest BCUT2D eigenvalue weighted by Gasteiger charge is 2.68. The molecular weight excluding hydrogens is 438 g/mol. The average Bonchev–Trinajstić information content (AvgIpc) is 3.03. The first-order chi connectivity index (χ1) is 15.1. The molecule has 0 spiro atoms. The molecule has 164 valence electrons. The first-order valence-electron chi connectivity index (χ1n) is 8.83. The van der Waals surface area contributed by atoms with Gasteiger partial charge in [0.1, 0.15) is 17.2 Å². The van der Waals surface area contributed by atoms with Gasteiger partial charge in [-0.15, -0.1) is 0 Å². The van der Waals surface area contributed by atoms with Crippen molar-refractivity contribution in [1.82, 2.24) is 19.9 Å². The fourth-order valence-corrected chi connectivity index (χ4v) is 3.39. The molecule has 1 atom stereocenters. The van der Waals surface area contributed by atoms with Crippen LogP contribution in [-0.4, -0.2) is 32.5 Å². The number of carbonyl (C=O) groups is 2. The van der Waals surface area contributed by atoms with E-state index in [2.05, 4.69) is 4.98 Å². The lowest BCUT2D eigenvalue weighted by Gasteiger charge is -2.30. The number of aromatic nitrogens is 3. The van der Waals surface area contributed by atoms with Crippen LogP contribution in [0.15, 0.2) is 58.4 Å². The standard InChI is InChI=1S/C19H11F4N5O4/c20-10-3-1-2-4-11(10)28-13-12(15(30)26-17(28)32)18(16(31)25-13,19(21,22)23)27-14(29)9-5-7-24-8-6-9/h1-8H,(H,25,31)(H,27,29)(H,26,30,32). The van der Waals surface area contributed by atoms with Crippen LogP contribution in [0.1, 0.15) is 15.9 Å². The Bertz CT molecular complexity index is 1370. The van der Waals surface area contributed by atoms with Gasteiger partial charge < -0.3 is 10.6 Å². The molecule has 2 aromatic heterocycles. The number of nitrogens with one attached hydrogen (secondary N) is 3. The van der Waals surface area contributed by atoms with Crippen LogP contribution in [0.5, 0.6) is 0 Å². The highest BCUT2D eigenvalue weighted by atomic mass is 19.4. The Balaban J connectivity index is 2.01. The van der Waals surface area contributed by atoms with E-state index in [4.69, 9.17) is 0 Å². The van der Waals surface area contributed by atoms with E-state index in [1.54, 1.807) is 10.3 Å². The molecule has 13 heteroatoms. The van der Waals surface area contributed by atoms with E-state index >= 15 is 0 Å². The van der Waals surface area contributed by atoms with Gasteiger partial charge in [-0.25, -0.2) is 13.8 Å². The van der Waals surface area contributed by atoms with E-state index in [0.29, 0.717) is 4.57 Å². The fourth-order valence-electron chi connectivity index (χ4n) is 3.39. The highest BCUT2D eigenvalue weighted by molar-refractivity contribution is 6.09. The average molecular weight is 449 g/mol. The normalized spacial score (nSPS) is 17.6. The predicted molar refractivity (Wildman–Crippen MR) is 101 cm³/mol. The van der Waals surface area contributed by atoms with E-state index < -0.39 is 57.7 Å². The van der Waals surface area contributed by atoms with E-state index in [0.717, 1.165) is 36.7 Å². The smallest absolute Gasteiger partial charge is 0.326 e. The van der Waals surface area contributed by atoms with Crippen LogP contribution in [0.2, 0.25) is 0 Å². The van der Waals surface area contributed by atoms with E-state index in [9.17, 15) is 36.7 Å². The molecule has 3 aromatic rings. The Morgan fingerprint density at radius 1 is 1.06 bits per heavy atom. The van der Waals surface area contributed by atoms with Crippen molar-refractivity contribution < 1.29 is 27.2 Å². The van der Waals surface area contributed by atoms with Crippen molar-refractivity contribution >= 4 is 17.6 Å². The maximum absolute atomic E-state index is 14.3. The Hall–Kier alpha value is -4.29. The number of hydrogen-bond acceptors (Lipinski definition) is 5. The second-order valence-electron chi connectivity index (χ2n) is 6.66. The number of pyridine rings is 1. The molecule has 3 N–H and O–H groups in total. The number of halogens is 4. The van der Waals surface area contributed by atoms with Gasteiger partial charge >= 0.3 is 11.9 Å². The molecule has 0 aliphatic carbocycles. The summed E-state index contributed by atoms with van der Waals surface area (Å²) >= 11 is 0. The third-order valence-corrected chi connectivity index (χ3v) is 4.82. The molecule has 1 aliphatic heterocycles. The number of fused-ring (bicyclic) bond motifs is 1. The molecule has 9 nitrogen and oxygen atoms in total. The van der Waals surface area contributed by atoms with Crippen LogP contribution in [0.25, 0.3) is 5.69 Å². The second-order valence-corrected chi connectivity index (χ2v) is 6.66. The third kappa shape index (κ3) is 2.97. The number of hydrogen-bond donors (Lipinski definition) is 3. The molecule has 32 heavy (non-hydrogen) atoms. The number of para-hydroxylation sites is 1. The quantitative estimate of drug-likeness (QED) is 0.518.